The molecule has 62 heavy (non-hydrogen) atoms. The first-order valence-electron chi connectivity index (χ1n) is 19.9. The minimum absolute atomic E-state index is 0.0647. The first-order chi connectivity index (χ1) is 29.5. The van der Waals surface area contributed by atoms with Gasteiger partial charge in [-0.25, -0.2) is 0 Å². The Labute approximate surface area is 368 Å². The third-order valence-electron chi connectivity index (χ3n) is 10.6. The average Bonchev–Trinajstić information content (AvgIpc) is 3.79. The number of nitrogens with zero attached hydrogens (tertiary/aromatic N) is 1. The number of nitrogens with two attached hydrogens (primary N) is 1. The molecule has 0 saturated carbocycles. The van der Waals surface area contributed by atoms with Crippen molar-refractivity contribution in [3.63, 3.8) is 0 Å². The molecular weight excluding hydrogens is 859 g/mol. The molecule has 0 aromatic heterocycles. The number of Topliss-reactive ketones (excluding diaryl/α,β-unsaturated/α-hetero) is 1. The molecule has 5 aliphatic heterocycles. The van der Waals surface area contributed by atoms with Crippen LogP contribution in [0.4, 0.5) is 0 Å². The smallest absolute Gasteiger partial charge is 0.264 e. The van der Waals surface area contributed by atoms with Crippen LogP contribution in [0.3, 0.4) is 0 Å². The summed E-state index contributed by atoms with van der Waals surface area (Å²) in [5.74, 6) is -3.84. The second-order valence-corrected chi connectivity index (χ2v) is 16.1. The van der Waals surface area contributed by atoms with Crippen LogP contribution < -0.4 is 5.73 Å². The number of ketones is 1. The highest BCUT2D eigenvalue weighted by Crippen LogP contribution is 2.35. The number of amides is 2. The first kappa shape index (κ1) is 49.4. The van der Waals surface area contributed by atoms with E-state index < -0.39 is 128 Å². The summed E-state index contributed by atoms with van der Waals surface area (Å²) in [6.07, 6.45) is 4.23. The van der Waals surface area contributed by atoms with E-state index in [1.807, 2.05) is 19.1 Å². The van der Waals surface area contributed by atoms with Crippen molar-refractivity contribution in [1.82, 2.24) is 4.90 Å². The number of likely N-dealkylation sites (tertiary alicyclic amines) is 1. The zero-order valence-electron chi connectivity index (χ0n) is 34.1. The maximum atomic E-state index is 13.9. The molecule has 5 saturated heterocycles. The van der Waals surface area contributed by atoms with E-state index in [2.05, 4.69) is 0 Å². The molecular formula is C42H54Cl2N2O16. The number of methoxy groups -OCH3 is 1. The van der Waals surface area contributed by atoms with Gasteiger partial charge in [0.05, 0.1) is 43.3 Å². The number of ether oxygens (including phenoxy) is 7. The summed E-state index contributed by atoms with van der Waals surface area (Å²) in [4.78, 5) is 40.4. The van der Waals surface area contributed by atoms with E-state index in [4.69, 9.17) is 62.1 Å². The number of aliphatic hydroxyl groups excluding tert-OH is 6. The van der Waals surface area contributed by atoms with Gasteiger partial charge in [0.1, 0.15) is 66.2 Å². The van der Waals surface area contributed by atoms with Crippen molar-refractivity contribution in [2.45, 2.75) is 124 Å². The van der Waals surface area contributed by atoms with E-state index >= 15 is 0 Å². The van der Waals surface area contributed by atoms with Crippen molar-refractivity contribution in [3.05, 3.63) is 95.4 Å². The summed E-state index contributed by atoms with van der Waals surface area (Å²) >= 11 is 12.5. The van der Waals surface area contributed by atoms with Gasteiger partial charge in [-0.2, -0.15) is 0 Å². The van der Waals surface area contributed by atoms with Gasteiger partial charge in [0.25, 0.3) is 5.91 Å². The lowest BCUT2D eigenvalue weighted by Crippen LogP contribution is -2.65. The SMILES string of the molecule is COC1C(OC2COC(OC3C(O)C(O)COC3N3C(=O)C(=C(O)/C=C/C=C/C=C/C=C/C=C(Cl)/C=C/C=CC4OC(C)CC4Cl)C(=O)C3CC(N)=O)C(O)C2O)OC(C)C1O. The normalized spacial score (nSPS) is 39.7. The standard InChI is InChI=1S/C42H54Cl2N2O16/c1-21-17-24(44)28(59-21)16-12-11-14-23(43)13-9-7-5-4-6-8-10-15-26(47)31-33(51)25(18-30(45)49)46(39(31)55)40-37(34(52)27(48)19-57-40)62-41-36(54)35(53)29(20-58-41)61-42-38(56-3)32(50)22(2)60-42/h4-16,21-22,24-25,27-29,32,34-38,40-42,47-48,50,52-54H,17-20H2,1-3H3,(H2,45,49)/b5-4+,8-6+,9-7+,14-11+,15-10+,16-12?,23-13-,31-26?. The Bertz CT molecular complexity index is 1830. The number of halogens is 2. The molecule has 16 unspecified atom stereocenters. The lowest BCUT2D eigenvalue weighted by Gasteiger charge is -2.46. The maximum absolute atomic E-state index is 13.9. The van der Waals surface area contributed by atoms with E-state index in [1.165, 1.54) is 19.3 Å². The molecule has 5 fully saturated rings. The van der Waals surface area contributed by atoms with Crippen LogP contribution in [0, 0.1) is 0 Å². The highest BCUT2D eigenvalue weighted by molar-refractivity contribution is 6.31. The van der Waals surface area contributed by atoms with Crippen molar-refractivity contribution < 1.29 is 78.2 Å². The molecule has 0 aromatic rings. The van der Waals surface area contributed by atoms with Crippen molar-refractivity contribution in [3.8, 4) is 0 Å². The molecule has 20 heteroatoms. The van der Waals surface area contributed by atoms with E-state index in [9.17, 15) is 45.0 Å². The molecule has 0 aromatic carbocycles. The lowest BCUT2D eigenvalue weighted by molar-refractivity contribution is -0.338. The number of rotatable bonds is 16. The summed E-state index contributed by atoms with van der Waals surface area (Å²) < 4.78 is 39.5. The summed E-state index contributed by atoms with van der Waals surface area (Å²) in [7, 11) is 1.34. The average molecular weight is 914 g/mol. The van der Waals surface area contributed by atoms with E-state index in [0.717, 1.165) is 17.4 Å². The highest BCUT2D eigenvalue weighted by Gasteiger charge is 2.56. The van der Waals surface area contributed by atoms with Crippen molar-refractivity contribution in [2.75, 3.05) is 20.3 Å². The Morgan fingerprint density at radius 3 is 2.18 bits per heavy atom. The summed E-state index contributed by atoms with van der Waals surface area (Å²) in [6.45, 7) is 2.61. The molecule has 16 atom stereocenters. The highest BCUT2D eigenvalue weighted by atomic mass is 35.5. The quantitative estimate of drug-likeness (QED) is 0.0370. The van der Waals surface area contributed by atoms with Crippen molar-refractivity contribution in [1.29, 1.82) is 0 Å². The molecule has 5 aliphatic rings. The van der Waals surface area contributed by atoms with Crippen LogP contribution in [0.1, 0.15) is 26.7 Å². The fourth-order valence-corrected chi connectivity index (χ4v) is 7.88. The molecule has 18 nitrogen and oxygen atoms in total. The molecule has 0 radical (unpaired) electrons. The van der Waals surface area contributed by atoms with Crippen LogP contribution in [-0.4, -0.2) is 171 Å². The van der Waals surface area contributed by atoms with Crippen LogP contribution in [0.15, 0.2) is 95.4 Å². The number of hydrogen-bond acceptors (Lipinski definition) is 16. The van der Waals surface area contributed by atoms with Crippen LogP contribution in [0.5, 0.6) is 0 Å². The predicted molar refractivity (Wildman–Crippen MR) is 221 cm³/mol. The largest absolute Gasteiger partial charge is 0.507 e. The molecule has 0 spiro atoms. The van der Waals surface area contributed by atoms with Gasteiger partial charge < -0.3 is 69.5 Å². The Kier molecular flexibility index (Phi) is 18.2. The molecule has 5 rings (SSSR count). The molecule has 342 valence electrons. The van der Waals surface area contributed by atoms with Gasteiger partial charge in [-0.3, -0.25) is 19.3 Å². The number of allylic oxidation sites excluding steroid dienone is 13. The number of primary amides is 1. The maximum Gasteiger partial charge on any atom is 0.264 e. The molecule has 2 amide bonds. The Hall–Kier alpha value is -3.57. The second kappa shape index (κ2) is 22.9. The van der Waals surface area contributed by atoms with E-state index in [-0.39, 0.29) is 17.6 Å². The monoisotopic (exact) mass is 912 g/mol. The van der Waals surface area contributed by atoms with E-state index in [1.54, 1.807) is 55.5 Å². The minimum atomic E-state index is -1.86. The second-order valence-electron chi connectivity index (χ2n) is 15.1. The van der Waals surface area contributed by atoms with Crippen LogP contribution >= 0.6 is 23.2 Å². The minimum Gasteiger partial charge on any atom is -0.507 e. The Morgan fingerprint density at radius 1 is 0.839 bits per heavy atom. The van der Waals surface area contributed by atoms with Gasteiger partial charge in [0, 0.05) is 12.1 Å². The lowest BCUT2D eigenvalue weighted by atomic mass is 10.0. The predicted octanol–water partition coefficient (Wildman–Crippen LogP) is 0.746. The Morgan fingerprint density at radius 2 is 1.52 bits per heavy atom. The zero-order chi connectivity index (χ0) is 45.2. The van der Waals surface area contributed by atoms with Crippen molar-refractivity contribution >= 4 is 40.8 Å². The third kappa shape index (κ3) is 12.2. The number of carbonyl (C=O) groups is 3. The van der Waals surface area contributed by atoms with Gasteiger partial charge in [-0.05, 0) is 38.5 Å². The Balaban J connectivity index is 1.22. The van der Waals surface area contributed by atoms with Gasteiger partial charge in [0.15, 0.2) is 24.6 Å². The summed E-state index contributed by atoms with van der Waals surface area (Å²) in [5.41, 5.74) is 4.72. The van der Waals surface area contributed by atoms with E-state index in [0.29, 0.717) is 5.03 Å². The van der Waals surface area contributed by atoms with Gasteiger partial charge in [-0.1, -0.05) is 72.4 Å². The number of alkyl halides is 1. The fourth-order valence-electron chi connectivity index (χ4n) is 7.34. The van der Waals surface area contributed by atoms with Crippen molar-refractivity contribution in [2.24, 2.45) is 5.73 Å². The molecule has 0 aliphatic carbocycles. The fraction of sp³-hybridized carbons (Fsp3) is 0.548. The topological polar surface area (TPSA) is 266 Å². The molecule has 8 N–H and O–H groups in total. The number of hydrogen-bond donors (Lipinski definition) is 7. The summed E-state index contributed by atoms with van der Waals surface area (Å²) in [6, 6.07) is -1.63. The van der Waals surface area contributed by atoms with Crippen LogP contribution in [0.25, 0.3) is 0 Å². The van der Waals surface area contributed by atoms with Gasteiger partial charge >= 0.3 is 0 Å². The first-order valence-corrected chi connectivity index (χ1v) is 20.7. The summed E-state index contributed by atoms with van der Waals surface area (Å²) in [5, 5.41) is 65.2. The molecule has 0 bridgehead atoms. The third-order valence-corrected chi connectivity index (χ3v) is 11.3. The number of aliphatic hydroxyl groups is 6. The zero-order valence-corrected chi connectivity index (χ0v) is 35.6. The van der Waals surface area contributed by atoms with Gasteiger partial charge in [0.2, 0.25) is 5.91 Å². The number of carbonyl (C=O) groups excluding carboxylic acids is 3. The van der Waals surface area contributed by atoms with Crippen LogP contribution in [-0.2, 0) is 47.5 Å². The van der Waals surface area contributed by atoms with Crippen LogP contribution in [0.2, 0.25) is 0 Å². The van der Waals surface area contributed by atoms with Gasteiger partial charge in [-0.15, -0.1) is 11.6 Å². The molecule has 5 heterocycles.